The SMILES string of the molecule is CC(C)(C)[Si](C)(C)OC[C@H]1S[C@@H]2C(Oc3nc(=O)ccn32)C1O. The van der Waals surface area contributed by atoms with Crippen LogP contribution in [0.3, 0.4) is 0 Å². The Kier molecular flexibility index (Phi) is 4.15. The average Bonchev–Trinajstić information content (AvgIpc) is 2.92. The summed E-state index contributed by atoms with van der Waals surface area (Å²) in [6.07, 6.45) is 0.681. The van der Waals surface area contributed by atoms with E-state index in [2.05, 4.69) is 38.8 Å². The van der Waals surface area contributed by atoms with Gasteiger partial charge in [0.2, 0.25) is 0 Å². The Bertz CT molecular complexity index is 658. The van der Waals surface area contributed by atoms with Gasteiger partial charge in [-0.2, -0.15) is 4.98 Å². The first kappa shape index (κ1) is 17.0. The van der Waals surface area contributed by atoms with Gasteiger partial charge in [-0.05, 0) is 18.1 Å². The number of hydrogen-bond acceptors (Lipinski definition) is 6. The van der Waals surface area contributed by atoms with Crippen molar-refractivity contribution in [1.82, 2.24) is 9.55 Å². The van der Waals surface area contributed by atoms with Crippen LogP contribution in [-0.2, 0) is 4.43 Å². The van der Waals surface area contributed by atoms with Crippen molar-refractivity contribution in [1.29, 1.82) is 0 Å². The third kappa shape index (κ3) is 2.97. The van der Waals surface area contributed by atoms with E-state index >= 15 is 0 Å². The molecule has 1 fully saturated rings. The van der Waals surface area contributed by atoms with Crippen molar-refractivity contribution in [2.75, 3.05) is 6.61 Å². The van der Waals surface area contributed by atoms with Crippen LogP contribution in [-0.4, -0.2) is 47.0 Å². The van der Waals surface area contributed by atoms with E-state index < -0.39 is 14.4 Å². The highest BCUT2D eigenvalue weighted by Gasteiger charge is 2.51. The summed E-state index contributed by atoms with van der Waals surface area (Å²) in [5, 5.41) is 10.6. The summed E-state index contributed by atoms with van der Waals surface area (Å²) >= 11 is 1.63. The van der Waals surface area contributed by atoms with Gasteiger partial charge in [-0.3, -0.25) is 9.36 Å². The highest BCUT2D eigenvalue weighted by atomic mass is 32.2. The molecule has 0 aliphatic carbocycles. The molecular formula is C15H24N2O4SSi. The molecule has 0 radical (unpaired) electrons. The lowest BCUT2D eigenvalue weighted by molar-refractivity contribution is 0.0447. The molecule has 8 heteroatoms. The summed E-state index contributed by atoms with van der Waals surface area (Å²) in [4.78, 5) is 15.2. The maximum atomic E-state index is 11.3. The second-order valence-electron chi connectivity index (χ2n) is 7.67. The Balaban J connectivity index is 1.70. The number of thioether (sulfide) groups is 1. The first-order valence-corrected chi connectivity index (χ1v) is 11.7. The second-order valence-corrected chi connectivity index (χ2v) is 13.8. The summed E-state index contributed by atoms with van der Waals surface area (Å²) in [7, 11) is -1.84. The Morgan fingerprint density at radius 1 is 1.48 bits per heavy atom. The predicted octanol–water partition coefficient (Wildman–Crippen LogP) is 2.00. The van der Waals surface area contributed by atoms with Crippen molar-refractivity contribution in [3.05, 3.63) is 22.6 Å². The van der Waals surface area contributed by atoms with Crippen molar-refractivity contribution in [2.24, 2.45) is 0 Å². The fourth-order valence-corrected chi connectivity index (χ4v) is 5.15. The van der Waals surface area contributed by atoms with Crippen LogP contribution in [0.2, 0.25) is 18.1 Å². The van der Waals surface area contributed by atoms with E-state index in [1.54, 1.807) is 18.0 Å². The van der Waals surface area contributed by atoms with Crippen LogP contribution >= 0.6 is 11.8 Å². The quantitative estimate of drug-likeness (QED) is 0.835. The molecule has 1 aromatic rings. The Labute approximate surface area is 141 Å². The molecular weight excluding hydrogens is 332 g/mol. The maximum absolute atomic E-state index is 11.3. The Morgan fingerprint density at radius 3 is 2.83 bits per heavy atom. The lowest BCUT2D eigenvalue weighted by Crippen LogP contribution is -2.44. The molecule has 0 spiro atoms. The van der Waals surface area contributed by atoms with Gasteiger partial charge >= 0.3 is 6.01 Å². The van der Waals surface area contributed by atoms with Gasteiger partial charge in [0.1, 0.15) is 11.5 Å². The molecule has 3 rings (SSSR count). The minimum atomic E-state index is -1.84. The van der Waals surface area contributed by atoms with Crippen LogP contribution in [0.5, 0.6) is 6.01 Å². The number of hydrogen-bond donors (Lipinski definition) is 1. The van der Waals surface area contributed by atoms with E-state index in [0.717, 1.165) is 0 Å². The number of aromatic nitrogens is 2. The summed E-state index contributed by atoms with van der Waals surface area (Å²) in [6, 6.07) is 1.71. The van der Waals surface area contributed by atoms with Gasteiger partial charge in [-0.15, -0.1) is 11.8 Å². The normalized spacial score (nSPS) is 30.0. The molecule has 2 aliphatic heterocycles. The molecule has 1 N–H and O–H groups in total. The van der Waals surface area contributed by atoms with Gasteiger partial charge in [0.15, 0.2) is 14.4 Å². The van der Waals surface area contributed by atoms with E-state index in [9.17, 15) is 9.90 Å². The van der Waals surface area contributed by atoms with E-state index in [0.29, 0.717) is 12.6 Å². The molecule has 128 valence electrons. The van der Waals surface area contributed by atoms with E-state index in [4.69, 9.17) is 9.16 Å². The number of ether oxygens (including phenoxy) is 1. The van der Waals surface area contributed by atoms with E-state index in [1.807, 2.05) is 4.57 Å². The molecule has 23 heavy (non-hydrogen) atoms. The first-order valence-electron chi connectivity index (χ1n) is 7.83. The molecule has 4 atom stereocenters. The summed E-state index contributed by atoms with van der Waals surface area (Å²) < 4.78 is 13.8. The van der Waals surface area contributed by atoms with Gasteiger partial charge in [0, 0.05) is 18.9 Å². The minimum absolute atomic E-state index is 0.0355. The van der Waals surface area contributed by atoms with E-state index in [-0.39, 0.29) is 27.3 Å². The van der Waals surface area contributed by atoms with Crippen molar-refractivity contribution < 1.29 is 14.3 Å². The van der Waals surface area contributed by atoms with Crippen molar-refractivity contribution in [3.63, 3.8) is 0 Å². The van der Waals surface area contributed by atoms with Gasteiger partial charge < -0.3 is 14.3 Å². The largest absolute Gasteiger partial charge is 0.455 e. The fourth-order valence-electron chi connectivity index (χ4n) is 2.51. The molecule has 2 unspecified atom stereocenters. The Morgan fingerprint density at radius 2 is 2.17 bits per heavy atom. The van der Waals surface area contributed by atoms with Crippen LogP contribution < -0.4 is 10.3 Å². The highest BCUT2D eigenvalue weighted by molar-refractivity contribution is 8.00. The summed E-state index contributed by atoms with van der Waals surface area (Å²) in [5.74, 6) is 0. The van der Waals surface area contributed by atoms with Crippen LogP contribution in [0.25, 0.3) is 0 Å². The van der Waals surface area contributed by atoms with Crippen molar-refractivity contribution in [3.8, 4) is 6.01 Å². The second kappa shape index (κ2) is 5.61. The molecule has 0 saturated carbocycles. The minimum Gasteiger partial charge on any atom is -0.455 e. The molecule has 0 amide bonds. The third-order valence-electron chi connectivity index (χ3n) is 5.05. The molecule has 1 aromatic heterocycles. The molecule has 0 bridgehead atoms. The predicted molar refractivity (Wildman–Crippen MR) is 92.5 cm³/mol. The monoisotopic (exact) mass is 356 g/mol. The zero-order valence-electron chi connectivity index (χ0n) is 14.1. The number of rotatable bonds is 3. The topological polar surface area (TPSA) is 73.6 Å². The molecule has 6 nitrogen and oxygen atoms in total. The third-order valence-corrected chi connectivity index (χ3v) is 11.1. The van der Waals surface area contributed by atoms with Gasteiger partial charge in [0.25, 0.3) is 5.56 Å². The molecule has 0 aromatic carbocycles. The standard InChI is InChI=1S/C15H24N2O4SSi/c1-15(2,3)23(4,5)20-8-9-11(19)12-13(22-9)17-7-6-10(18)16-14(17)21-12/h6-7,9,11-13,19H,8H2,1-5H3/t9-,11?,12?,13-/m1/s1. The number of aliphatic hydroxyl groups is 1. The van der Waals surface area contributed by atoms with E-state index in [1.165, 1.54) is 6.07 Å². The fraction of sp³-hybridized carbons (Fsp3) is 0.733. The van der Waals surface area contributed by atoms with Gasteiger partial charge in [0.05, 0.1) is 5.25 Å². The Hall–Kier alpha value is -0.833. The summed E-state index contributed by atoms with van der Waals surface area (Å²) in [5.41, 5.74) is -0.325. The number of fused-ring (bicyclic) bond motifs is 3. The lowest BCUT2D eigenvalue weighted by atomic mass is 10.1. The first-order chi connectivity index (χ1) is 10.6. The van der Waals surface area contributed by atoms with Crippen LogP contribution in [0.1, 0.15) is 26.1 Å². The van der Waals surface area contributed by atoms with Crippen LogP contribution in [0.15, 0.2) is 17.1 Å². The molecule has 2 aliphatic rings. The van der Waals surface area contributed by atoms with Crippen molar-refractivity contribution >= 4 is 20.1 Å². The number of nitrogens with zero attached hydrogens (tertiary/aromatic N) is 2. The zero-order valence-corrected chi connectivity index (χ0v) is 16.0. The average molecular weight is 357 g/mol. The van der Waals surface area contributed by atoms with Gasteiger partial charge in [-0.1, -0.05) is 20.8 Å². The van der Waals surface area contributed by atoms with Crippen LogP contribution in [0, 0.1) is 0 Å². The number of aliphatic hydroxyl groups excluding tert-OH is 1. The maximum Gasteiger partial charge on any atom is 0.301 e. The molecule has 1 saturated heterocycles. The highest BCUT2D eigenvalue weighted by Crippen LogP contribution is 2.49. The molecule has 3 heterocycles. The summed E-state index contributed by atoms with van der Waals surface area (Å²) in [6.45, 7) is 11.5. The zero-order chi connectivity index (χ0) is 17.0. The van der Waals surface area contributed by atoms with Crippen molar-refractivity contribution in [2.45, 2.75) is 61.7 Å². The van der Waals surface area contributed by atoms with Crippen LogP contribution in [0.4, 0.5) is 0 Å². The van der Waals surface area contributed by atoms with Gasteiger partial charge in [-0.25, -0.2) is 0 Å². The lowest BCUT2D eigenvalue weighted by Gasteiger charge is -2.37. The smallest absolute Gasteiger partial charge is 0.301 e.